The van der Waals surface area contributed by atoms with E-state index in [1.165, 1.54) is 25.7 Å². The van der Waals surface area contributed by atoms with Crippen LogP contribution in [0.5, 0.6) is 0 Å². The maximum absolute atomic E-state index is 11.0. The van der Waals surface area contributed by atoms with Crippen LogP contribution in [-0.2, 0) is 0 Å². The van der Waals surface area contributed by atoms with Crippen LogP contribution in [0, 0.1) is 35.8 Å². The fourth-order valence-electron chi connectivity index (χ4n) is 3.30. The predicted molar refractivity (Wildman–Crippen MR) is 86.8 cm³/mol. The molecular weight excluding hydrogens is 264 g/mol. The number of nitrogens with zero attached hydrogens (tertiary/aromatic N) is 1. The maximum Gasteiger partial charge on any atom is 0.272 e. The second-order valence-electron chi connectivity index (χ2n) is 6.71. The molecule has 4 nitrogen and oxygen atoms in total. The molecule has 0 unspecified atom stereocenters. The van der Waals surface area contributed by atoms with Gasteiger partial charge in [-0.1, -0.05) is 13.8 Å². The van der Waals surface area contributed by atoms with Crippen molar-refractivity contribution in [3.8, 4) is 0 Å². The van der Waals surface area contributed by atoms with Gasteiger partial charge in [0.25, 0.3) is 5.69 Å². The fraction of sp³-hybridized carbons (Fsp3) is 0.647. The van der Waals surface area contributed by atoms with E-state index in [-0.39, 0.29) is 10.6 Å². The summed E-state index contributed by atoms with van der Waals surface area (Å²) in [6.45, 7) is 8.36. The van der Waals surface area contributed by atoms with Crippen LogP contribution in [0.3, 0.4) is 0 Å². The Balaban J connectivity index is 2.04. The van der Waals surface area contributed by atoms with Crippen molar-refractivity contribution >= 4 is 11.4 Å². The van der Waals surface area contributed by atoms with E-state index < -0.39 is 0 Å². The molecule has 0 heterocycles. The Bertz CT molecular complexity index is 518. The zero-order valence-corrected chi connectivity index (χ0v) is 13.5. The van der Waals surface area contributed by atoms with Crippen LogP contribution < -0.4 is 5.32 Å². The lowest BCUT2D eigenvalue weighted by Crippen LogP contribution is -2.28. The molecule has 0 atom stereocenters. The summed E-state index contributed by atoms with van der Waals surface area (Å²) in [4.78, 5) is 10.7. The maximum atomic E-state index is 11.0. The summed E-state index contributed by atoms with van der Waals surface area (Å²) in [5, 5.41) is 14.6. The topological polar surface area (TPSA) is 55.2 Å². The molecule has 0 spiro atoms. The van der Waals surface area contributed by atoms with Crippen LogP contribution in [0.15, 0.2) is 12.1 Å². The van der Waals surface area contributed by atoms with Gasteiger partial charge in [0, 0.05) is 23.4 Å². The molecular formula is C17H26N2O2. The van der Waals surface area contributed by atoms with E-state index in [1.807, 2.05) is 13.0 Å². The molecule has 0 radical (unpaired) electrons. The number of nitro groups is 1. The van der Waals surface area contributed by atoms with Crippen LogP contribution in [-0.4, -0.2) is 11.0 Å². The van der Waals surface area contributed by atoms with E-state index in [9.17, 15) is 10.1 Å². The molecule has 0 bridgehead atoms. The number of benzene rings is 1. The van der Waals surface area contributed by atoms with E-state index in [0.29, 0.717) is 6.04 Å². The highest BCUT2D eigenvalue weighted by atomic mass is 16.6. The van der Waals surface area contributed by atoms with Crippen LogP contribution >= 0.6 is 0 Å². The fourth-order valence-corrected chi connectivity index (χ4v) is 3.30. The minimum Gasteiger partial charge on any atom is -0.382 e. The summed E-state index contributed by atoms with van der Waals surface area (Å²) in [6.07, 6.45) is 4.94. The molecule has 1 aliphatic rings. The number of aryl methyl sites for hydroxylation is 2. The van der Waals surface area contributed by atoms with Gasteiger partial charge < -0.3 is 5.32 Å². The third kappa shape index (κ3) is 3.74. The van der Waals surface area contributed by atoms with Crippen LogP contribution in [0.4, 0.5) is 11.4 Å². The van der Waals surface area contributed by atoms with Gasteiger partial charge in [0.2, 0.25) is 0 Å². The molecule has 1 saturated carbocycles. The molecule has 0 aliphatic heterocycles. The quantitative estimate of drug-likeness (QED) is 0.637. The first-order valence-corrected chi connectivity index (χ1v) is 7.90. The van der Waals surface area contributed by atoms with Crippen molar-refractivity contribution in [2.45, 2.75) is 59.4 Å². The Morgan fingerprint density at radius 3 is 2.29 bits per heavy atom. The van der Waals surface area contributed by atoms with Gasteiger partial charge >= 0.3 is 0 Å². The van der Waals surface area contributed by atoms with Crippen molar-refractivity contribution in [2.24, 2.45) is 11.8 Å². The minimum absolute atomic E-state index is 0.210. The van der Waals surface area contributed by atoms with Gasteiger partial charge in [0.15, 0.2) is 0 Å². The third-order valence-corrected chi connectivity index (χ3v) is 4.81. The molecule has 0 amide bonds. The van der Waals surface area contributed by atoms with Crippen molar-refractivity contribution in [2.75, 3.05) is 5.32 Å². The molecule has 0 aromatic heterocycles. The summed E-state index contributed by atoms with van der Waals surface area (Å²) < 4.78 is 0. The largest absolute Gasteiger partial charge is 0.382 e. The third-order valence-electron chi connectivity index (χ3n) is 4.81. The molecule has 1 N–H and O–H groups in total. The summed E-state index contributed by atoms with van der Waals surface area (Å²) in [6, 6.07) is 4.10. The van der Waals surface area contributed by atoms with Crippen molar-refractivity contribution in [1.29, 1.82) is 0 Å². The molecule has 4 heteroatoms. The smallest absolute Gasteiger partial charge is 0.272 e. The molecule has 2 rings (SSSR count). The Kier molecular flexibility index (Phi) is 4.86. The van der Waals surface area contributed by atoms with Gasteiger partial charge in [-0.3, -0.25) is 10.1 Å². The van der Waals surface area contributed by atoms with Gasteiger partial charge in [-0.05, 0) is 63.0 Å². The SMILES string of the molecule is Cc1cc([N+](=O)[O-])c(C)cc1NC1CCC(C(C)C)CC1. The van der Waals surface area contributed by atoms with Crippen molar-refractivity contribution in [3.63, 3.8) is 0 Å². The van der Waals surface area contributed by atoms with Gasteiger partial charge in [-0.2, -0.15) is 0 Å². The normalized spacial score (nSPS) is 22.3. The van der Waals surface area contributed by atoms with E-state index in [4.69, 9.17) is 0 Å². The average Bonchev–Trinajstić information content (AvgIpc) is 2.42. The lowest BCUT2D eigenvalue weighted by atomic mass is 9.79. The summed E-state index contributed by atoms with van der Waals surface area (Å²) in [7, 11) is 0. The lowest BCUT2D eigenvalue weighted by Gasteiger charge is -2.32. The van der Waals surface area contributed by atoms with E-state index >= 15 is 0 Å². The molecule has 1 fully saturated rings. The standard InChI is InChI=1S/C17H26N2O2/c1-11(2)14-5-7-15(8-6-14)18-16-9-13(4)17(19(20)21)10-12(16)3/h9-11,14-15,18H,5-8H2,1-4H3. The minimum atomic E-state index is -0.306. The number of nitro benzene ring substituents is 1. The van der Waals surface area contributed by atoms with Crippen LogP contribution in [0.25, 0.3) is 0 Å². The number of rotatable bonds is 4. The lowest BCUT2D eigenvalue weighted by molar-refractivity contribution is -0.385. The van der Waals surface area contributed by atoms with Crippen LogP contribution in [0.1, 0.15) is 50.7 Å². The van der Waals surface area contributed by atoms with Crippen molar-refractivity contribution in [3.05, 3.63) is 33.4 Å². The van der Waals surface area contributed by atoms with Gasteiger partial charge in [0.05, 0.1) is 4.92 Å². The highest BCUT2D eigenvalue weighted by Gasteiger charge is 2.24. The number of nitrogens with one attached hydrogen (secondary N) is 1. The van der Waals surface area contributed by atoms with Gasteiger partial charge in [0.1, 0.15) is 0 Å². The summed E-state index contributed by atoms with van der Waals surface area (Å²) >= 11 is 0. The molecule has 1 aromatic carbocycles. The first-order valence-electron chi connectivity index (χ1n) is 7.90. The zero-order valence-electron chi connectivity index (χ0n) is 13.5. The molecule has 116 valence electrons. The average molecular weight is 290 g/mol. The highest BCUT2D eigenvalue weighted by Crippen LogP contribution is 2.33. The first-order chi connectivity index (χ1) is 9.88. The van der Waals surface area contributed by atoms with E-state index in [0.717, 1.165) is 28.7 Å². The van der Waals surface area contributed by atoms with Gasteiger partial charge in [-0.25, -0.2) is 0 Å². The molecule has 0 saturated heterocycles. The number of hydrogen-bond acceptors (Lipinski definition) is 3. The Morgan fingerprint density at radius 1 is 1.14 bits per heavy atom. The van der Waals surface area contributed by atoms with Gasteiger partial charge in [-0.15, -0.1) is 0 Å². The molecule has 1 aliphatic carbocycles. The Labute approximate surface area is 127 Å². The second-order valence-corrected chi connectivity index (χ2v) is 6.71. The number of anilines is 1. The molecule has 1 aromatic rings. The van der Waals surface area contributed by atoms with Crippen LogP contribution in [0.2, 0.25) is 0 Å². The van der Waals surface area contributed by atoms with Crippen molar-refractivity contribution < 1.29 is 4.92 Å². The highest BCUT2D eigenvalue weighted by molar-refractivity contribution is 5.59. The summed E-state index contributed by atoms with van der Waals surface area (Å²) in [5.74, 6) is 1.62. The Morgan fingerprint density at radius 2 is 1.76 bits per heavy atom. The van der Waals surface area contributed by atoms with E-state index in [2.05, 4.69) is 19.2 Å². The number of hydrogen-bond donors (Lipinski definition) is 1. The second kappa shape index (κ2) is 6.46. The zero-order chi connectivity index (χ0) is 15.6. The Hall–Kier alpha value is -1.58. The first kappa shape index (κ1) is 15.8. The van der Waals surface area contributed by atoms with E-state index in [1.54, 1.807) is 13.0 Å². The summed E-state index contributed by atoms with van der Waals surface area (Å²) in [5.41, 5.74) is 2.94. The molecule has 21 heavy (non-hydrogen) atoms. The van der Waals surface area contributed by atoms with Crippen molar-refractivity contribution in [1.82, 2.24) is 0 Å². The monoisotopic (exact) mass is 290 g/mol. The predicted octanol–water partition coefficient (Wildman–Crippen LogP) is 4.84.